The number of rotatable bonds is 5. The zero-order valence-corrected chi connectivity index (χ0v) is 14.5. The molecule has 0 bridgehead atoms. The van der Waals surface area contributed by atoms with Crippen LogP contribution in [-0.2, 0) is 9.53 Å². The molecule has 122 valence electrons. The summed E-state index contributed by atoms with van der Waals surface area (Å²) in [5.74, 6) is 1.96. The number of likely N-dealkylation sites (N-methyl/N-ethyl adjacent to an activating group) is 1. The maximum atomic E-state index is 12.5. The summed E-state index contributed by atoms with van der Waals surface area (Å²) in [5, 5.41) is 5.38. The van der Waals surface area contributed by atoms with Gasteiger partial charge in [0, 0.05) is 43.2 Å². The van der Waals surface area contributed by atoms with E-state index in [0.717, 1.165) is 44.5 Å². The summed E-state index contributed by atoms with van der Waals surface area (Å²) in [4.78, 5) is 18.2. The summed E-state index contributed by atoms with van der Waals surface area (Å²) in [6.45, 7) is 4.16. The Balaban J connectivity index is 1.67. The lowest BCUT2D eigenvalue weighted by molar-refractivity contribution is -0.132. The fraction of sp³-hybridized carbons (Fsp3) is 0.667. The van der Waals surface area contributed by atoms with Crippen LogP contribution in [0.25, 0.3) is 0 Å². The quantitative estimate of drug-likeness (QED) is 0.873. The summed E-state index contributed by atoms with van der Waals surface area (Å²) >= 11 is 3.56. The SMILES string of the molecule is CN(CC(c1cccs1)N1CCOCC1)C(=O)C1CSCN1. The zero-order chi connectivity index (χ0) is 15.4. The molecule has 0 aliphatic carbocycles. The first-order valence-corrected chi connectivity index (χ1v) is 9.70. The molecule has 5 nitrogen and oxygen atoms in total. The molecular weight excluding hydrogens is 318 g/mol. The van der Waals surface area contributed by atoms with Crippen molar-refractivity contribution in [2.45, 2.75) is 12.1 Å². The molecule has 1 aromatic rings. The highest BCUT2D eigenvalue weighted by Crippen LogP contribution is 2.27. The molecule has 1 N–H and O–H groups in total. The molecular formula is C15H23N3O2S2. The van der Waals surface area contributed by atoms with Crippen molar-refractivity contribution in [2.24, 2.45) is 0 Å². The lowest BCUT2D eigenvalue weighted by Gasteiger charge is -2.36. The topological polar surface area (TPSA) is 44.8 Å². The molecule has 0 spiro atoms. The van der Waals surface area contributed by atoms with Crippen molar-refractivity contribution in [2.75, 3.05) is 51.5 Å². The van der Waals surface area contributed by atoms with Crippen LogP contribution in [-0.4, -0.2) is 73.3 Å². The monoisotopic (exact) mass is 341 g/mol. The van der Waals surface area contributed by atoms with Gasteiger partial charge in [0.15, 0.2) is 0 Å². The predicted molar refractivity (Wildman–Crippen MR) is 91.3 cm³/mol. The third-order valence-corrected chi connectivity index (χ3v) is 6.11. The van der Waals surface area contributed by atoms with Crippen molar-refractivity contribution in [1.82, 2.24) is 15.1 Å². The van der Waals surface area contributed by atoms with Gasteiger partial charge in [-0.25, -0.2) is 0 Å². The second kappa shape index (κ2) is 7.79. The smallest absolute Gasteiger partial charge is 0.240 e. The van der Waals surface area contributed by atoms with E-state index >= 15 is 0 Å². The number of hydrogen-bond donors (Lipinski definition) is 1. The van der Waals surface area contributed by atoms with E-state index in [4.69, 9.17) is 4.74 Å². The first-order valence-electron chi connectivity index (χ1n) is 7.67. The fourth-order valence-electron chi connectivity index (χ4n) is 2.92. The lowest BCUT2D eigenvalue weighted by atomic mass is 10.1. The van der Waals surface area contributed by atoms with Gasteiger partial charge in [0.1, 0.15) is 0 Å². The third-order valence-electron chi connectivity index (χ3n) is 4.20. The molecule has 0 radical (unpaired) electrons. The number of nitrogens with one attached hydrogen (secondary N) is 1. The van der Waals surface area contributed by atoms with Crippen molar-refractivity contribution >= 4 is 29.0 Å². The van der Waals surface area contributed by atoms with E-state index in [1.165, 1.54) is 4.88 Å². The highest BCUT2D eigenvalue weighted by atomic mass is 32.2. The molecule has 0 aromatic carbocycles. The van der Waals surface area contributed by atoms with E-state index in [2.05, 4.69) is 27.7 Å². The molecule has 2 unspecified atom stereocenters. The first-order chi connectivity index (χ1) is 10.8. The van der Waals surface area contributed by atoms with Crippen LogP contribution in [0.15, 0.2) is 17.5 Å². The predicted octanol–water partition coefficient (Wildman–Crippen LogP) is 1.24. The average Bonchev–Trinajstić information content (AvgIpc) is 3.25. The van der Waals surface area contributed by atoms with Crippen LogP contribution in [0, 0.1) is 0 Å². The molecule has 2 saturated heterocycles. The van der Waals surface area contributed by atoms with Crippen LogP contribution >= 0.6 is 23.1 Å². The molecule has 1 aromatic heterocycles. The maximum Gasteiger partial charge on any atom is 0.240 e. The van der Waals surface area contributed by atoms with Crippen molar-refractivity contribution < 1.29 is 9.53 Å². The number of thioether (sulfide) groups is 1. The minimum Gasteiger partial charge on any atom is -0.379 e. The van der Waals surface area contributed by atoms with Crippen LogP contribution in [0.4, 0.5) is 0 Å². The number of amides is 1. The van der Waals surface area contributed by atoms with Crippen molar-refractivity contribution in [3.05, 3.63) is 22.4 Å². The number of carbonyl (C=O) groups is 1. The Morgan fingerprint density at radius 1 is 1.55 bits per heavy atom. The summed E-state index contributed by atoms with van der Waals surface area (Å²) in [7, 11) is 1.92. The highest BCUT2D eigenvalue weighted by molar-refractivity contribution is 7.99. The van der Waals surface area contributed by atoms with Crippen LogP contribution in [0.5, 0.6) is 0 Å². The zero-order valence-electron chi connectivity index (χ0n) is 12.9. The van der Waals surface area contributed by atoms with Crippen LogP contribution in [0.1, 0.15) is 10.9 Å². The number of nitrogens with zero attached hydrogens (tertiary/aromatic N) is 2. The molecule has 2 atom stereocenters. The standard InChI is InChI=1S/C15H23N3O2S2/c1-17(15(19)12-10-21-11-16-12)9-13(14-3-2-8-22-14)18-4-6-20-7-5-18/h2-3,8,12-13,16H,4-7,9-11H2,1H3. The Morgan fingerprint density at radius 3 is 3.00 bits per heavy atom. The Labute approximate surface area is 140 Å². The minimum absolute atomic E-state index is 0.0244. The lowest BCUT2D eigenvalue weighted by Crippen LogP contribution is -2.48. The number of hydrogen-bond acceptors (Lipinski definition) is 6. The second-order valence-corrected chi connectivity index (χ2v) is 7.68. The molecule has 1 amide bonds. The first kappa shape index (κ1) is 16.3. The van der Waals surface area contributed by atoms with Gasteiger partial charge < -0.3 is 9.64 Å². The van der Waals surface area contributed by atoms with E-state index in [1.807, 2.05) is 11.9 Å². The van der Waals surface area contributed by atoms with Gasteiger partial charge in [-0.15, -0.1) is 23.1 Å². The second-order valence-electron chi connectivity index (χ2n) is 5.67. The van der Waals surface area contributed by atoms with Crippen LogP contribution in [0.3, 0.4) is 0 Å². The number of thiophene rings is 1. The van der Waals surface area contributed by atoms with Gasteiger partial charge in [0.05, 0.1) is 25.3 Å². The van der Waals surface area contributed by atoms with Gasteiger partial charge in [-0.2, -0.15) is 0 Å². The Bertz CT molecular complexity index is 471. The summed E-state index contributed by atoms with van der Waals surface area (Å²) in [5.41, 5.74) is 0. The molecule has 3 heterocycles. The van der Waals surface area contributed by atoms with Gasteiger partial charge in [-0.05, 0) is 11.4 Å². The molecule has 0 saturated carbocycles. The molecule has 2 aliphatic heterocycles. The number of ether oxygens (including phenoxy) is 1. The van der Waals surface area contributed by atoms with Crippen molar-refractivity contribution in [3.8, 4) is 0 Å². The fourth-order valence-corrected chi connectivity index (χ4v) is 4.71. The van der Waals surface area contributed by atoms with Crippen molar-refractivity contribution in [1.29, 1.82) is 0 Å². The van der Waals surface area contributed by atoms with Gasteiger partial charge >= 0.3 is 0 Å². The Kier molecular flexibility index (Phi) is 5.76. The number of carbonyl (C=O) groups excluding carboxylic acids is 1. The van der Waals surface area contributed by atoms with Crippen molar-refractivity contribution in [3.63, 3.8) is 0 Å². The molecule has 3 rings (SSSR count). The Morgan fingerprint density at radius 2 is 2.36 bits per heavy atom. The number of morpholine rings is 1. The van der Waals surface area contributed by atoms with Gasteiger partial charge in [-0.3, -0.25) is 15.0 Å². The van der Waals surface area contributed by atoms with E-state index in [9.17, 15) is 4.79 Å². The van der Waals surface area contributed by atoms with Gasteiger partial charge in [-0.1, -0.05) is 6.07 Å². The third kappa shape index (κ3) is 3.83. The van der Waals surface area contributed by atoms with Crippen LogP contribution < -0.4 is 5.32 Å². The highest BCUT2D eigenvalue weighted by Gasteiger charge is 2.30. The van der Waals surface area contributed by atoms with E-state index in [0.29, 0.717) is 0 Å². The largest absolute Gasteiger partial charge is 0.379 e. The van der Waals surface area contributed by atoms with E-state index in [-0.39, 0.29) is 18.0 Å². The minimum atomic E-state index is -0.0244. The molecule has 2 fully saturated rings. The summed E-state index contributed by atoms with van der Waals surface area (Å²) in [6.07, 6.45) is 0. The van der Waals surface area contributed by atoms with E-state index in [1.54, 1.807) is 23.1 Å². The molecule has 2 aliphatic rings. The maximum absolute atomic E-state index is 12.5. The van der Waals surface area contributed by atoms with Crippen LogP contribution in [0.2, 0.25) is 0 Å². The Hall–Kier alpha value is -0.600. The van der Waals surface area contributed by atoms with Gasteiger partial charge in [0.25, 0.3) is 0 Å². The normalized spacial score (nSPS) is 24.3. The summed E-state index contributed by atoms with van der Waals surface area (Å²) in [6, 6.07) is 4.51. The molecule has 22 heavy (non-hydrogen) atoms. The van der Waals surface area contributed by atoms with E-state index < -0.39 is 0 Å². The summed E-state index contributed by atoms with van der Waals surface area (Å²) < 4.78 is 5.47. The van der Waals surface area contributed by atoms with Gasteiger partial charge in [0.2, 0.25) is 5.91 Å². The molecule has 7 heteroatoms. The average molecular weight is 342 g/mol.